The third-order valence-electron chi connectivity index (χ3n) is 4.01. The van der Waals surface area contributed by atoms with E-state index < -0.39 is 0 Å². The first-order valence-electron chi connectivity index (χ1n) is 9.21. The molecule has 2 amide bonds. The van der Waals surface area contributed by atoms with Crippen molar-refractivity contribution in [2.75, 3.05) is 18.5 Å². The number of carbonyl (C=O) groups excluding carboxylic acids is 2. The van der Waals surface area contributed by atoms with Crippen molar-refractivity contribution in [1.82, 2.24) is 5.32 Å². The summed E-state index contributed by atoms with van der Waals surface area (Å²) in [6.07, 6.45) is 2.99. The van der Waals surface area contributed by atoms with Crippen LogP contribution in [0, 0.1) is 0 Å². The molecule has 2 aromatic rings. The molecular weight excluding hydrogens is 344 g/mol. The van der Waals surface area contributed by atoms with Crippen molar-refractivity contribution in [3.05, 3.63) is 54.1 Å². The fourth-order valence-electron chi connectivity index (χ4n) is 2.44. The first-order chi connectivity index (χ1) is 13.2. The minimum Gasteiger partial charge on any atom is -0.490 e. The SMILES string of the molecule is CCCOc1ccccc1OCC(=O)Nc1ccc(C(=O)NC2CC2)cc1. The Kier molecular flexibility index (Phi) is 6.30. The van der Waals surface area contributed by atoms with Crippen molar-refractivity contribution in [2.45, 2.75) is 32.2 Å². The molecule has 0 bridgehead atoms. The summed E-state index contributed by atoms with van der Waals surface area (Å²) in [5, 5.41) is 5.69. The van der Waals surface area contributed by atoms with Gasteiger partial charge in [0.1, 0.15) is 0 Å². The predicted octanol–water partition coefficient (Wildman–Crippen LogP) is 3.39. The third-order valence-corrected chi connectivity index (χ3v) is 4.01. The summed E-state index contributed by atoms with van der Waals surface area (Å²) < 4.78 is 11.2. The van der Waals surface area contributed by atoms with E-state index in [2.05, 4.69) is 10.6 Å². The van der Waals surface area contributed by atoms with E-state index in [-0.39, 0.29) is 18.4 Å². The van der Waals surface area contributed by atoms with Crippen LogP contribution in [0.5, 0.6) is 11.5 Å². The molecule has 142 valence electrons. The summed E-state index contributed by atoms with van der Waals surface area (Å²) >= 11 is 0. The third kappa shape index (κ3) is 5.74. The van der Waals surface area contributed by atoms with Gasteiger partial charge in [0.2, 0.25) is 0 Å². The summed E-state index contributed by atoms with van der Waals surface area (Å²) in [4.78, 5) is 24.1. The molecule has 1 aliphatic rings. The maximum absolute atomic E-state index is 12.1. The van der Waals surface area contributed by atoms with Crippen molar-refractivity contribution in [2.24, 2.45) is 0 Å². The zero-order valence-corrected chi connectivity index (χ0v) is 15.4. The van der Waals surface area contributed by atoms with Crippen molar-refractivity contribution in [3.8, 4) is 11.5 Å². The van der Waals surface area contributed by atoms with Crippen molar-refractivity contribution >= 4 is 17.5 Å². The Bertz CT molecular complexity index is 785. The van der Waals surface area contributed by atoms with Gasteiger partial charge in [0.05, 0.1) is 6.61 Å². The lowest BCUT2D eigenvalue weighted by Gasteiger charge is -2.12. The normalized spacial score (nSPS) is 12.9. The van der Waals surface area contributed by atoms with E-state index >= 15 is 0 Å². The molecule has 0 saturated heterocycles. The monoisotopic (exact) mass is 368 g/mol. The summed E-state index contributed by atoms with van der Waals surface area (Å²) in [5.74, 6) is 0.796. The number of carbonyl (C=O) groups is 2. The van der Waals surface area contributed by atoms with Crippen LogP contribution >= 0.6 is 0 Å². The number of amides is 2. The first-order valence-corrected chi connectivity index (χ1v) is 9.21. The van der Waals surface area contributed by atoms with E-state index in [9.17, 15) is 9.59 Å². The Morgan fingerprint density at radius 1 is 1.00 bits per heavy atom. The van der Waals surface area contributed by atoms with Gasteiger partial charge < -0.3 is 20.1 Å². The van der Waals surface area contributed by atoms with Gasteiger partial charge in [-0.2, -0.15) is 0 Å². The van der Waals surface area contributed by atoms with Crippen molar-refractivity contribution in [3.63, 3.8) is 0 Å². The van der Waals surface area contributed by atoms with E-state index in [0.717, 1.165) is 19.3 Å². The lowest BCUT2D eigenvalue weighted by molar-refractivity contribution is -0.118. The highest BCUT2D eigenvalue weighted by molar-refractivity contribution is 5.96. The predicted molar refractivity (Wildman–Crippen MR) is 103 cm³/mol. The van der Waals surface area contributed by atoms with Gasteiger partial charge in [-0.25, -0.2) is 0 Å². The molecule has 0 aromatic heterocycles. The van der Waals surface area contributed by atoms with Crippen LogP contribution < -0.4 is 20.1 Å². The lowest BCUT2D eigenvalue weighted by atomic mass is 10.2. The second kappa shape index (κ2) is 9.07. The quantitative estimate of drug-likeness (QED) is 0.711. The van der Waals surface area contributed by atoms with E-state index in [1.807, 2.05) is 25.1 Å². The minimum atomic E-state index is -0.282. The van der Waals surface area contributed by atoms with Gasteiger partial charge in [0, 0.05) is 17.3 Å². The number of hydrogen-bond donors (Lipinski definition) is 2. The maximum Gasteiger partial charge on any atom is 0.262 e. The Morgan fingerprint density at radius 3 is 2.30 bits per heavy atom. The van der Waals surface area contributed by atoms with Crippen LogP contribution in [0.4, 0.5) is 5.69 Å². The topological polar surface area (TPSA) is 76.7 Å². The summed E-state index contributed by atoms with van der Waals surface area (Å²) in [6, 6.07) is 14.4. The highest BCUT2D eigenvalue weighted by Gasteiger charge is 2.23. The van der Waals surface area contributed by atoms with Crippen molar-refractivity contribution in [1.29, 1.82) is 0 Å². The van der Waals surface area contributed by atoms with E-state index in [4.69, 9.17) is 9.47 Å². The van der Waals surface area contributed by atoms with Crippen molar-refractivity contribution < 1.29 is 19.1 Å². The van der Waals surface area contributed by atoms with Crippen LogP contribution in [0.2, 0.25) is 0 Å². The number of para-hydroxylation sites is 2. The fraction of sp³-hybridized carbons (Fsp3) is 0.333. The fourth-order valence-corrected chi connectivity index (χ4v) is 2.44. The molecule has 1 aliphatic carbocycles. The average Bonchev–Trinajstić information content (AvgIpc) is 3.50. The number of ether oxygens (including phenoxy) is 2. The second-order valence-electron chi connectivity index (χ2n) is 6.46. The van der Waals surface area contributed by atoms with Crippen LogP contribution in [0.1, 0.15) is 36.5 Å². The van der Waals surface area contributed by atoms with Gasteiger partial charge in [-0.15, -0.1) is 0 Å². The number of rotatable bonds is 9. The van der Waals surface area contributed by atoms with Gasteiger partial charge >= 0.3 is 0 Å². The van der Waals surface area contributed by atoms with E-state index in [0.29, 0.717) is 35.4 Å². The smallest absolute Gasteiger partial charge is 0.262 e. The van der Waals surface area contributed by atoms with Gasteiger partial charge in [-0.3, -0.25) is 9.59 Å². The van der Waals surface area contributed by atoms with Gasteiger partial charge in [-0.05, 0) is 55.7 Å². The van der Waals surface area contributed by atoms with Gasteiger partial charge in [0.15, 0.2) is 18.1 Å². The summed E-state index contributed by atoms with van der Waals surface area (Å²) in [5.41, 5.74) is 1.19. The Balaban J connectivity index is 1.50. The highest BCUT2D eigenvalue weighted by Crippen LogP contribution is 2.26. The zero-order valence-electron chi connectivity index (χ0n) is 15.4. The molecule has 0 heterocycles. The molecule has 0 radical (unpaired) electrons. The first kappa shape index (κ1) is 18.8. The molecule has 6 nitrogen and oxygen atoms in total. The molecule has 0 atom stereocenters. The molecule has 1 saturated carbocycles. The number of hydrogen-bond acceptors (Lipinski definition) is 4. The van der Waals surface area contributed by atoms with E-state index in [1.54, 1.807) is 30.3 Å². The molecular formula is C21H24N2O4. The van der Waals surface area contributed by atoms with Crippen LogP contribution in [-0.4, -0.2) is 31.1 Å². The minimum absolute atomic E-state index is 0.0811. The molecule has 0 spiro atoms. The number of benzene rings is 2. The number of anilines is 1. The number of nitrogens with one attached hydrogen (secondary N) is 2. The maximum atomic E-state index is 12.1. The molecule has 0 aliphatic heterocycles. The molecule has 27 heavy (non-hydrogen) atoms. The van der Waals surface area contributed by atoms with E-state index in [1.165, 1.54) is 0 Å². The summed E-state index contributed by atoms with van der Waals surface area (Å²) in [7, 11) is 0. The van der Waals surface area contributed by atoms with Crippen LogP contribution in [0.15, 0.2) is 48.5 Å². The van der Waals surface area contributed by atoms with Gasteiger partial charge in [-0.1, -0.05) is 19.1 Å². The molecule has 6 heteroatoms. The molecule has 3 rings (SSSR count). The Hall–Kier alpha value is -3.02. The Morgan fingerprint density at radius 2 is 1.67 bits per heavy atom. The second-order valence-corrected chi connectivity index (χ2v) is 6.46. The lowest BCUT2D eigenvalue weighted by Crippen LogP contribution is -2.25. The van der Waals surface area contributed by atoms with Crippen LogP contribution in [0.3, 0.4) is 0 Å². The standard InChI is InChI=1S/C21H24N2O4/c1-2-13-26-18-5-3-4-6-19(18)27-14-20(24)22-16-9-7-15(8-10-16)21(25)23-17-11-12-17/h3-10,17H,2,11-14H2,1H3,(H,22,24)(H,23,25). The van der Waals surface area contributed by atoms with Crippen LogP contribution in [0.25, 0.3) is 0 Å². The van der Waals surface area contributed by atoms with Crippen LogP contribution in [-0.2, 0) is 4.79 Å². The largest absolute Gasteiger partial charge is 0.490 e. The summed E-state index contributed by atoms with van der Waals surface area (Å²) in [6.45, 7) is 2.49. The Labute approximate surface area is 158 Å². The highest BCUT2D eigenvalue weighted by atomic mass is 16.5. The molecule has 2 aromatic carbocycles. The molecule has 2 N–H and O–H groups in total. The zero-order chi connectivity index (χ0) is 19.1. The van der Waals surface area contributed by atoms with Gasteiger partial charge in [0.25, 0.3) is 11.8 Å². The molecule has 0 unspecified atom stereocenters. The average molecular weight is 368 g/mol. The molecule has 1 fully saturated rings.